The molecule has 0 saturated heterocycles. The Morgan fingerprint density at radius 3 is 2.54 bits per heavy atom. The summed E-state index contributed by atoms with van der Waals surface area (Å²) in [4.78, 5) is 4.76. The molecule has 2 aromatic heterocycles. The number of thiophene rings is 1. The predicted molar refractivity (Wildman–Crippen MR) is 120 cm³/mol. The van der Waals surface area contributed by atoms with Crippen LogP contribution in [0.1, 0.15) is 30.9 Å². The molecule has 4 heteroatoms. The van der Waals surface area contributed by atoms with Gasteiger partial charge in [0.25, 0.3) is 0 Å². The minimum atomic E-state index is 0.371. The van der Waals surface area contributed by atoms with Crippen LogP contribution in [-0.2, 0) is 0 Å². The molecule has 4 aromatic rings. The second-order valence-corrected chi connectivity index (χ2v) is 8.61. The predicted octanol–water partition coefficient (Wildman–Crippen LogP) is 6.13. The van der Waals surface area contributed by atoms with E-state index < -0.39 is 0 Å². The van der Waals surface area contributed by atoms with E-state index in [0.29, 0.717) is 18.4 Å². The summed E-state index contributed by atoms with van der Waals surface area (Å²) in [5.74, 6) is 1.77. The molecule has 0 aliphatic heterocycles. The van der Waals surface area contributed by atoms with Gasteiger partial charge in [-0.05, 0) is 59.5 Å². The number of nitrogens with zero attached hydrogens (tertiary/aromatic N) is 1. The number of nitrogens with two attached hydrogens (primary N) is 1. The number of pyridine rings is 1. The van der Waals surface area contributed by atoms with Crippen LogP contribution < -0.4 is 10.5 Å². The molecule has 0 aliphatic carbocycles. The third-order valence-electron chi connectivity index (χ3n) is 5.64. The van der Waals surface area contributed by atoms with Gasteiger partial charge in [0.15, 0.2) is 0 Å². The third kappa shape index (κ3) is 3.07. The first kappa shape index (κ1) is 18.9. The quantitative estimate of drug-likeness (QED) is 0.446. The molecule has 1 atom stereocenters. The van der Waals surface area contributed by atoms with Crippen molar-refractivity contribution in [1.82, 2.24) is 4.98 Å². The molecule has 0 bridgehead atoms. The van der Waals surface area contributed by atoms with E-state index in [1.807, 2.05) is 6.20 Å². The fourth-order valence-electron chi connectivity index (χ4n) is 4.09. The Morgan fingerprint density at radius 2 is 1.89 bits per heavy atom. The Balaban J connectivity index is 1.97. The van der Waals surface area contributed by atoms with Gasteiger partial charge in [0.05, 0.1) is 17.3 Å². The average Bonchev–Trinajstić information content (AvgIpc) is 3.18. The minimum absolute atomic E-state index is 0.371. The Hall–Kier alpha value is -2.43. The van der Waals surface area contributed by atoms with Crippen molar-refractivity contribution in [2.24, 2.45) is 11.7 Å². The Kier molecular flexibility index (Phi) is 5.09. The van der Waals surface area contributed by atoms with E-state index in [2.05, 4.69) is 62.5 Å². The molecular weight excluding hydrogens is 364 g/mol. The zero-order valence-electron chi connectivity index (χ0n) is 16.8. The van der Waals surface area contributed by atoms with E-state index in [4.69, 9.17) is 15.5 Å². The molecule has 0 radical (unpaired) electrons. The van der Waals surface area contributed by atoms with Gasteiger partial charge in [-0.15, -0.1) is 11.3 Å². The molecule has 0 spiro atoms. The molecular formula is C24H26N2OS. The lowest BCUT2D eigenvalue weighted by atomic mass is 9.87. The molecule has 144 valence electrons. The van der Waals surface area contributed by atoms with E-state index in [9.17, 15) is 0 Å². The van der Waals surface area contributed by atoms with Gasteiger partial charge < -0.3 is 10.5 Å². The summed E-state index contributed by atoms with van der Waals surface area (Å²) in [6.07, 6.45) is 1.98. The molecule has 2 N–H and O–H groups in total. The first-order chi connectivity index (χ1) is 13.5. The lowest BCUT2D eigenvalue weighted by Crippen LogP contribution is -2.17. The maximum Gasteiger partial charge on any atom is 0.127 e. The van der Waals surface area contributed by atoms with Crippen LogP contribution in [0.4, 0.5) is 0 Å². The highest BCUT2D eigenvalue weighted by Crippen LogP contribution is 2.42. The van der Waals surface area contributed by atoms with Crippen molar-refractivity contribution in [3.05, 3.63) is 59.1 Å². The lowest BCUT2D eigenvalue weighted by molar-refractivity contribution is 0.416. The lowest BCUT2D eigenvalue weighted by Gasteiger charge is -2.20. The van der Waals surface area contributed by atoms with Crippen molar-refractivity contribution in [2.75, 3.05) is 13.7 Å². The van der Waals surface area contributed by atoms with Gasteiger partial charge in [0, 0.05) is 22.5 Å². The van der Waals surface area contributed by atoms with Crippen molar-refractivity contribution in [2.45, 2.75) is 26.7 Å². The summed E-state index contributed by atoms with van der Waals surface area (Å²) in [5, 5.41) is 4.53. The summed E-state index contributed by atoms with van der Waals surface area (Å²) in [5.41, 5.74) is 11.7. The fraction of sp³-hybridized carbons (Fsp3) is 0.292. The zero-order chi connectivity index (χ0) is 19.8. The van der Waals surface area contributed by atoms with Crippen molar-refractivity contribution in [1.29, 1.82) is 0 Å². The summed E-state index contributed by atoms with van der Waals surface area (Å²) in [6.45, 7) is 7.20. The van der Waals surface area contributed by atoms with Gasteiger partial charge in [0.2, 0.25) is 0 Å². The fourth-order valence-corrected chi connectivity index (χ4v) is 4.85. The van der Waals surface area contributed by atoms with E-state index >= 15 is 0 Å². The normalized spacial score (nSPS) is 12.8. The molecule has 4 rings (SSSR count). The highest BCUT2D eigenvalue weighted by molar-refractivity contribution is 7.17. The van der Waals surface area contributed by atoms with Crippen LogP contribution in [0.15, 0.2) is 48.0 Å². The SMILES string of the molecule is COc1cc(C)c2ncc3sccc3c2c1-c1ccc(C(CN)C(C)C)cc1. The first-order valence-corrected chi connectivity index (χ1v) is 10.6. The molecule has 2 aromatic carbocycles. The molecule has 28 heavy (non-hydrogen) atoms. The second kappa shape index (κ2) is 7.53. The molecule has 3 nitrogen and oxygen atoms in total. The molecule has 0 amide bonds. The molecule has 0 fully saturated rings. The van der Waals surface area contributed by atoms with Gasteiger partial charge in [0.1, 0.15) is 5.75 Å². The van der Waals surface area contributed by atoms with Crippen LogP contribution in [0.5, 0.6) is 5.75 Å². The van der Waals surface area contributed by atoms with E-state index in [0.717, 1.165) is 28.0 Å². The van der Waals surface area contributed by atoms with Crippen LogP contribution in [0.25, 0.3) is 32.1 Å². The summed E-state index contributed by atoms with van der Waals surface area (Å²) in [7, 11) is 1.74. The summed E-state index contributed by atoms with van der Waals surface area (Å²) in [6, 6.07) is 13.1. The third-order valence-corrected chi connectivity index (χ3v) is 6.49. The number of methoxy groups -OCH3 is 1. The highest BCUT2D eigenvalue weighted by atomic mass is 32.1. The largest absolute Gasteiger partial charge is 0.496 e. The standard InChI is InChI=1S/C24H26N2OS/c1-14(2)19(12-25)16-5-7-17(8-6-16)22-20(27-4)11-15(3)24-23(22)18-9-10-28-21(18)13-26-24/h5-11,13-14,19H,12,25H2,1-4H3. The maximum atomic E-state index is 6.01. The Morgan fingerprint density at radius 1 is 1.14 bits per heavy atom. The summed E-state index contributed by atoms with van der Waals surface area (Å²) < 4.78 is 7.00. The van der Waals surface area contributed by atoms with Crippen molar-refractivity contribution in [3.8, 4) is 16.9 Å². The maximum absolute atomic E-state index is 6.01. The molecule has 2 heterocycles. The molecule has 1 unspecified atom stereocenters. The molecule has 0 aliphatic rings. The number of benzene rings is 2. The van der Waals surface area contributed by atoms with Gasteiger partial charge in [-0.3, -0.25) is 4.98 Å². The van der Waals surface area contributed by atoms with Crippen LogP contribution in [0, 0.1) is 12.8 Å². The van der Waals surface area contributed by atoms with Gasteiger partial charge in [-0.25, -0.2) is 0 Å². The minimum Gasteiger partial charge on any atom is -0.496 e. The molecule has 0 saturated carbocycles. The Labute approximate surface area is 170 Å². The van der Waals surface area contributed by atoms with Crippen molar-refractivity contribution >= 4 is 32.3 Å². The van der Waals surface area contributed by atoms with E-state index in [1.165, 1.54) is 21.0 Å². The van der Waals surface area contributed by atoms with E-state index in [-0.39, 0.29) is 0 Å². The highest BCUT2D eigenvalue weighted by Gasteiger charge is 2.18. The number of hydrogen-bond acceptors (Lipinski definition) is 4. The number of ether oxygens (including phenoxy) is 1. The average molecular weight is 391 g/mol. The van der Waals surface area contributed by atoms with Crippen LogP contribution >= 0.6 is 11.3 Å². The smallest absolute Gasteiger partial charge is 0.127 e. The van der Waals surface area contributed by atoms with Crippen LogP contribution in [0.3, 0.4) is 0 Å². The van der Waals surface area contributed by atoms with Crippen LogP contribution in [-0.4, -0.2) is 18.6 Å². The first-order valence-electron chi connectivity index (χ1n) is 9.69. The number of fused-ring (bicyclic) bond motifs is 3. The Bertz CT molecular complexity index is 1130. The van der Waals surface area contributed by atoms with Crippen molar-refractivity contribution < 1.29 is 4.74 Å². The monoisotopic (exact) mass is 390 g/mol. The number of aryl methyl sites for hydroxylation is 1. The van der Waals surface area contributed by atoms with Crippen LogP contribution in [0.2, 0.25) is 0 Å². The van der Waals surface area contributed by atoms with E-state index in [1.54, 1.807) is 18.4 Å². The number of hydrogen-bond donors (Lipinski definition) is 1. The number of rotatable bonds is 5. The second-order valence-electron chi connectivity index (χ2n) is 7.66. The zero-order valence-corrected chi connectivity index (χ0v) is 17.6. The van der Waals surface area contributed by atoms with Crippen molar-refractivity contribution in [3.63, 3.8) is 0 Å². The summed E-state index contributed by atoms with van der Waals surface area (Å²) >= 11 is 1.72. The number of aromatic nitrogens is 1. The topological polar surface area (TPSA) is 48.1 Å². The van der Waals surface area contributed by atoms with Gasteiger partial charge in [-0.2, -0.15) is 0 Å². The van der Waals surface area contributed by atoms with Gasteiger partial charge in [-0.1, -0.05) is 38.1 Å². The van der Waals surface area contributed by atoms with Gasteiger partial charge >= 0.3 is 0 Å².